The first-order valence-corrected chi connectivity index (χ1v) is 8.31. The van der Waals surface area contributed by atoms with Gasteiger partial charge >= 0.3 is 0 Å². The number of benzene rings is 2. The second kappa shape index (κ2) is 8.97. The Kier molecular flexibility index (Phi) is 6.69. The Hall–Kier alpha value is -2.69. The smallest absolute Gasteiger partial charge is 0.260 e. The Labute approximate surface area is 147 Å². The van der Waals surface area contributed by atoms with Crippen molar-refractivity contribution in [3.05, 3.63) is 65.5 Å². The number of rotatable bonds is 8. The number of amides is 1. The molecular formula is C20H22FNO3. The molecule has 0 aliphatic carbocycles. The summed E-state index contributed by atoms with van der Waals surface area (Å²) in [4.78, 5) is 23.6. The van der Waals surface area contributed by atoms with Gasteiger partial charge in [0.05, 0.1) is 0 Å². The van der Waals surface area contributed by atoms with Crippen LogP contribution in [-0.4, -0.2) is 24.3 Å². The lowest BCUT2D eigenvalue weighted by atomic mass is 10.1. The largest absolute Gasteiger partial charge is 0.481 e. The number of hydrogen-bond acceptors (Lipinski definition) is 3. The van der Waals surface area contributed by atoms with Gasteiger partial charge in [-0.2, -0.15) is 0 Å². The molecule has 0 fully saturated rings. The zero-order valence-corrected chi connectivity index (χ0v) is 14.4. The number of ketones is 1. The van der Waals surface area contributed by atoms with Crippen LogP contribution in [0.15, 0.2) is 48.5 Å². The SMILES string of the molecule is CCC(=O)c1ccc(O[C@@H](C)C(=O)NCCc2ccc(F)cc2)cc1. The molecule has 25 heavy (non-hydrogen) atoms. The van der Waals surface area contributed by atoms with Crippen LogP contribution in [0.4, 0.5) is 4.39 Å². The molecule has 0 saturated heterocycles. The van der Waals surface area contributed by atoms with E-state index < -0.39 is 6.10 Å². The molecule has 5 heteroatoms. The van der Waals surface area contributed by atoms with Gasteiger partial charge in [-0.1, -0.05) is 19.1 Å². The zero-order chi connectivity index (χ0) is 18.2. The average Bonchev–Trinajstić information content (AvgIpc) is 2.63. The maximum absolute atomic E-state index is 12.8. The lowest BCUT2D eigenvalue weighted by Gasteiger charge is -2.15. The molecule has 0 aliphatic heterocycles. The summed E-state index contributed by atoms with van der Waals surface area (Å²) in [5.74, 6) is 0.101. The van der Waals surface area contributed by atoms with E-state index in [-0.39, 0.29) is 17.5 Å². The van der Waals surface area contributed by atoms with Gasteiger partial charge in [0.25, 0.3) is 5.91 Å². The van der Waals surface area contributed by atoms with Crippen molar-refractivity contribution in [1.82, 2.24) is 5.32 Å². The summed E-state index contributed by atoms with van der Waals surface area (Å²) in [6, 6.07) is 12.9. The molecule has 0 heterocycles. The third-order valence-electron chi connectivity index (χ3n) is 3.81. The Morgan fingerprint density at radius 3 is 2.32 bits per heavy atom. The molecule has 4 nitrogen and oxygen atoms in total. The quantitative estimate of drug-likeness (QED) is 0.746. The van der Waals surface area contributed by atoms with Gasteiger partial charge in [-0.3, -0.25) is 9.59 Å². The van der Waals surface area contributed by atoms with Crippen molar-refractivity contribution in [2.75, 3.05) is 6.54 Å². The number of carbonyl (C=O) groups excluding carboxylic acids is 2. The van der Waals surface area contributed by atoms with Crippen LogP contribution in [0.1, 0.15) is 36.2 Å². The van der Waals surface area contributed by atoms with Gasteiger partial charge in [-0.25, -0.2) is 4.39 Å². The summed E-state index contributed by atoms with van der Waals surface area (Å²) in [5.41, 5.74) is 1.58. The Balaban J connectivity index is 1.79. The highest BCUT2D eigenvalue weighted by atomic mass is 19.1. The van der Waals surface area contributed by atoms with Crippen molar-refractivity contribution in [3.63, 3.8) is 0 Å². The van der Waals surface area contributed by atoms with Crippen molar-refractivity contribution in [1.29, 1.82) is 0 Å². The van der Waals surface area contributed by atoms with E-state index in [1.807, 2.05) is 6.92 Å². The molecule has 0 aromatic heterocycles. The van der Waals surface area contributed by atoms with Crippen LogP contribution in [0.2, 0.25) is 0 Å². The highest BCUT2D eigenvalue weighted by molar-refractivity contribution is 5.95. The number of nitrogens with one attached hydrogen (secondary N) is 1. The minimum Gasteiger partial charge on any atom is -0.481 e. The molecule has 0 aliphatic rings. The minimum atomic E-state index is -0.652. The van der Waals surface area contributed by atoms with E-state index in [1.165, 1.54) is 12.1 Å². The molecule has 0 radical (unpaired) electrons. The average molecular weight is 343 g/mol. The normalized spacial score (nSPS) is 11.6. The van der Waals surface area contributed by atoms with E-state index in [0.29, 0.717) is 30.7 Å². The summed E-state index contributed by atoms with van der Waals surface area (Å²) < 4.78 is 18.4. The molecular weight excluding hydrogens is 321 g/mol. The fourth-order valence-corrected chi connectivity index (χ4v) is 2.31. The van der Waals surface area contributed by atoms with Crippen LogP contribution < -0.4 is 10.1 Å². The first-order chi connectivity index (χ1) is 12.0. The van der Waals surface area contributed by atoms with E-state index in [9.17, 15) is 14.0 Å². The Morgan fingerprint density at radius 1 is 1.08 bits per heavy atom. The molecule has 0 bridgehead atoms. The van der Waals surface area contributed by atoms with Crippen LogP contribution in [0.5, 0.6) is 5.75 Å². The molecule has 1 amide bonds. The second-order valence-corrected chi connectivity index (χ2v) is 5.73. The van der Waals surface area contributed by atoms with Crippen molar-refractivity contribution < 1.29 is 18.7 Å². The number of Topliss-reactive ketones (excluding diaryl/α,β-unsaturated/α-hetero) is 1. The molecule has 1 atom stereocenters. The first-order valence-electron chi connectivity index (χ1n) is 8.31. The molecule has 0 spiro atoms. The topological polar surface area (TPSA) is 55.4 Å². The summed E-state index contributed by atoms with van der Waals surface area (Å²) in [6.45, 7) is 3.92. The summed E-state index contributed by atoms with van der Waals surface area (Å²) >= 11 is 0. The number of hydrogen-bond donors (Lipinski definition) is 1. The third-order valence-corrected chi connectivity index (χ3v) is 3.81. The summed E-state index contributed by atoms with van der Waals surface area (Å²) in [7, 11) is 0. The summed E-state index contributed by atoms with van der Waals surface area (Å²) in [5, 5.41) is 2.79. The van der Waals surface area contributed by atoms with Gasteiger partial charge in [0, 0.05) is 18.5 Å². The second-order valence-electron chi connectivity index (χ2n) is 5.73. The van der Waals surface area contributed by atoms with E-state index in [1.54, 1.807) is 43.3 Å². The van der Waals surface area contributed by atoms with E-state index in [0.717, 1.165) is 5.56 Å². The Bertz CT molecular complexity index is 711. The number of halogens is 1. The highest BCUT2D eigenvalue weighted by Gasteiger charge is 2.14. The maximum Gasteiger partial charge on any atom is 0.260 e. The van der Waals surface area contributed by atoms with Crippen LogP contribution in [0.3, 0.4) is 0 Å². The molecule has 2 rings (SSSR count). The van der Waals surface area contributed by atoms with Gasteiger partial charge < -0.3 is 10.1 Å². The van der Waals surface area contributed by atoms with Crippen LogP contribution >= 0.6 is 0 Å². The van der Waals surface area contributed by atoms with Gasteiger partial charge in [0.15, 0.2) is 11.9 Å². The monoisotopic (exact) mass is 343 g/mol. The fraction of sp³-hybridized carbons (Fsp3) is 0.300. The molecule has 0 unspecified atom stereocenters. The van der Waals surface area contributed by atoms with Crippen molar-refractivity contribution in [2.24, 2.45) is 0 Å². The van der Waals surface area contributed by atoms with Gasteiger partial charge in [-0.15, -0.1) is 0 Å². The molecule has 2 aromatic carbocycles. The first kappa shape index (κ1) is 18.6. The third kappa shape index (κ3) is 5.71. The van der Waals surface area contributed by atoms with Gasteiger partial charge in [0.1, 0.15) is 11.6 Å². The van der Waals surface area contributed by atoms with Gasteiger partial charge in [0.2, 0.25) is 0 Å². The highest BCUT2D eigenvalue weighted by Crippen LogP contribution is 2.15. The number of carbonyl (C=O) groups is 2. The van der Waals surface area contributed by atoms with Crippen molar-refractivity contribution in [2.45, 2.75) is 32.8 Å². The van der Waals surface area contributed by atoms with Crippen LogP contribution in [0, 0.1) is 5.82 Å². The van der Waals surface area contributed by atoms with E-state index in [4.69, 9.17) is 4.74 Å². The van der Waals surface area contributed by atoms with Crippen molar-refractivity contribution >= 4 is 11.7 Å². The lowest BCUT2D eigenvalue weighted by molar-refractivity contribution is -0.127. The molecule has 2 aromatic rings. The predicted octanol–water partition coefficient (Wildman–Crippen LogP) is 3.54. The van der Waals surface area contributed by atoms with Crippen LogP contribution in [-0.2, 0) is 11.2 Å². The van der Waals surface area contributed by atoms with Crippen LogP contribution in [0.25, 0.3) is 0 Å². The molecule has 1 N–H and O–H groups in total. The zero-order valence-electron chi connectivity index (χ0n) is 14.4. The predicted molar refractivity (Wildman–Crippen MR) is 94.3 cm³/mol. The van der Waals surface area contributed by atoms with Gasteiger partial charge in [-0.05, 0) is 55.3 Å². The fourth-order valence-electron chi connectivity index (χ4n) is 2.31. The lowest BCUT2D eigenvalue weighted by Crippen LogP contribution is -2.37. The Morgan fingerprint density at radius 2 is 1.72 bits per heavy atom. The van der Waals surface area contributed by atoms with E-state index in [2.05, 4.69) is 5.32 Å². The number of ether oxygens (including phenoxy) is 1. The molecule has 132 valence electrons. The van der Waals surface area contributed by atoms with Crippen molar-refractivity contribution in [3.8, 4) is 5.75 Å². The van der Waals surface area contributed by atoms with E-state index >= 15 is 0 Å². The minimum absolute atomic E-state index is 0.0677. The standard InChI is InChI=1S/C20H22FNO3/c1-3-19(23)16-6-10-18(11-7-16)25-14(2)20(24)22-13-12-15-4-8-17(21)9-5-15/h4-11,14H,3,12-13H2,1-2H3,(H,22,24)/t14-/m0/s1. The maximum atomic E-state index is 12.8. The summed E-state index contributed by atoms with van der Waals surface area (Å²) in [6.07, 6.45) is 0.417. The molecule has 0 saturated carbocycles.